The first-order valence-corrected chi connectivity index (χ1v) is 8.85. The number of thiazole rings is 1. The summed E-state index contributed by atoms with van der Waals surface area (Å²) in [5.41, 5.74) is 6.02. The maximum absolute atomic E-state index is 5.26. The first-order valence-electron chi connectivity index (χ1n) is 7.97. The summed E-state index contributed by atoms with van der Waals surface area (Å²) in [6, 6.07) is 11.9. The van der Waals surface area contributed by atoms with Gasteiger partial charge in [-0.3, -0.25) is 4.40 Å². The van der Waals surface area contributed by atoms with Crippen LogP contribution in [0.2, 0.25) is 0 Å². The van der Waals surface area contributed by atoms with Crippen LogP contribution in [0.5, 0.6) is 5.75 Å². The van der Waals surface area contributed by atoms with E-state index in [9.17, 15) is 0 Å². The molecule has 3 heterocycles. The number of halogens is 1. The summed E-state index contributed by atoms with van der Waals surface area (Å²) in [5.74, 6) is 0.815. The summed E-state index contributed by atoms with van der Waals surface area (Å²) < 4.78 is 7.37. The molecule has 4 rings (SSSR count). The van der Waals surface area contributed by atoms with Crippen LogP contribution in [0.3, 0.4) is 0 Å². The zero-order valence-electron chi connectivity index (χ0n) is 14.7. The molecular weight excluding hydrogens is 412 g/mol. The molecule has 7 heteroatoms. The number of nitrogens with zero attached hydrogens (tertiary/aromatic N) is 3. The largest absolute Gasteiger partial charge is 0.497 e. The van der Waals surface area contributed by atoms with Gasteiger partial charge in [0.2, 0.25) is 0 Å². The van der Waals surface area contributed by atoms with Gasteiger partial charge in [0.15, 0.2) is 5.13 Å². The number of methoxy groups -OCH3 is 1. The minimum atomic E-state index is 0. The lowest BCUT2D eigenvalue weighted by Crippen LogP contribution is -1.93. The van der Waals surface area contributed by atoms with Gasteiger partial charge in [-0.05, 0) is 37.6 Å². The molecule has 0 amide bonds. The van der Waals surface area contributed by atoms with Crippen molar-refractivity contribution in [3.8, 4) is 17.1 Å². The van der Waals surface area contributed by atoms with Crippen LogP contribution in [-0.4, -0.2) is 21.5 Å². The Balaban J connectivity index is 0.00000196. The summed E-state index contributed by atoms with van der Waals surface area (Å²) in [4.78, 5) is 9.45. The van der Waals surface area contributed by atoms with E-state index in [2.05, 4.69) is 28.1 Å². The van der Waals surface area contributed by atoms with Crippen LogP contribution in [0, 0.1) is 13.8 Å². The normalized spacial score (nSPS) is 10.6. The summed E-state index contributed by atoms with van der Waals surface area (Å²) in [7, 11) is 1.66. The number of benzene rings is 1. The lowest BCUT2D eigenvalue weighted by molar-refractivity contribution is 0.415. The van der Waals surface area contributed by atoms with Gasteiger partial charge in [0.1, 0.15) is 17.1 Å². The van der Waals surface area contributed by atoms with Crippen molar-refractivity contribution in [3.05, 3.63) is 59.2 Å². The van der Waals surface area contributed by atoms with Crippen LogP contribution in [0.4, 0.5) is 10.8 Å². The molecule has 4 aromatic rings. The van der Waals surface area contributed by atoms with Crippen LogP contribution in [-0.2, 0) is 0 Å². The number of nitrogens with one attached hydrogen (secondary N) is 1. The van der Waals surface area contributed by atoms with Gasteiger partial charge in [-0.25, -0.2) is 9.97 Å². The third-order valence-corrected chi connectivity index (χ3v) is 4.85. The molecule has 5 nitrogen and oxygen atoms in total. The second-order valence-electron chi connectivity index (χ2n) is 5.83. The van der Waals surface area contributed by atoms with E-state index in [0.717, 1.165) is 44.9 Å². The van der Waals surface area contributed by atoms with Gasteiger partial charge >= 0.3 is 0 Å². The predicted molar refractivity (Wildman–Crippen MR) is 112 cm³/mol. The highest BCUT2D eigenvalue weighted by Crippen LogP contribution is 2.31. The highest BCUT2D eigenvalue weighted by Gasteiger charge is 2.15. The number of hydrogen-bond donors (Lipinski definition) is 1. The van der Waals surface area contributed by atoms with Crippen molar-refractivity contribution in [3.63, 3.8) is 0 Å². The predicted octanol–water partition coefficient (Wildman–Crippen LogP) is 5.40. The second-order valence-corrected chi connectivity index (χ2v) is 6.68. The molecule has 26 heavy (non-hydrogen) atoms. The second kappa shape index (κ2) is 7.47. The van der Waals surface area contributed by atoms with Crippen molar-refractivity contribution in [1.82, 2.24) is 14.4 Å². The molecule has 0 saturated heterocycles. The van der Waals surface area contributed by atoms with E-state index in [-0.39, 0.29) is 17.0 Å². The van der Waals surface area contributed by atoms with Crippen molar-refractivity contribution < 1.29 is 4.74 Å². The van der Waals surface area contributed by atoms with Gasteiger partial charge in [0, 0.05) is 23.3 Å². The van der Waals surface area contributed by atoms with Crippen LogP contribution in [0.1, 0.15) is 11.3 Å². The summed E-state index contributed by atoms with van der Waals surface area (Å²) in [6.07, 6.45) is 2.03. The van der Waals surface area contributed by atoms with Crippen molar-refractivity contribution in [2.45, 2.75) is 13.8 Å². The molecular formula is C19H19BrN4OS. The molecule has 1 aromatic carbocycles. The van der Waals surface area contributed by atoms with Gasteiger partial charge in [-0.2, -0.15) is 0 Å². The Bertz CT molecular complexity index is 1060. The summed E-state index contributed by atoms with van der Waals surface area (Å²) >= 11 is 1.57. The lowest BCUT2D eigenvalue weighted by Gasteiger charge is -2.05. The quantitative estimate of drug-likeness (QED) is 0.470. The van der Waals surface area contributed by atoms with Gasteiger partial charge in [-0.1, -0.05) is 12.1 Å². The molecule has 0 aliphatic carbocycles. The molecule has 0 fully saturated rings. The molecule has 0 radical (unpaired) electrons. The van der Waals surface area contributed by atoms with Crippen LogP contribution in [0.15, 0.2) is 48.0 Å². The third-order valence-electron chi connectivity index (χ3n) is 4.09. The van der Waals surface area contributed by atoms with Gasteiger partial charge in [-0.15, -0.1) is 28.3 Å². The number of pyridine rings is 1. The van der Waals surface area contributed by atoms with Crippen LogP contribution in [0.25, 0.3) is 17.0 Å². The fourth-order valence-electron chi connectivity index (χ4n) is 2.89. The Morgan fingerprint density at radius 1 is 1.12 bits per heavy atom. The highest BCUT2D eigenvalue weighted by molar-refractivity contribution is 8.93. The maximum Gasteiger partial charge on any atom is 0.187 e. The molecule has 0 aliphatic rings. The molecule has 0 spiro atoms. The molecule has 0 saturated carbocycles. The molecule has 1 N–H and O–H groups in total. The Morgan fingerprint density at radius 3 is 2.77 bits per heavy atom. The number of anilines is 2. The van der Waals surface area contributed by atoms with E-state index in [1.807, 2.05) is 43.5 Å². The number of aromatic nitrogens is 3. The van der Waals surface area contributed by atoms with Gasteiger partial charge in [0.25, 0.3) is 0 Å². The smallest absolute Gasteiger partial charge is 0.187 e. The van der Waals surface area contributed by atoms with Gasteiger partial charge < -0.3 is 10.1 Å². The molecule has 0 bridgehead atoms. The molecule has 3 aromatic heterocycles. The SMILES string of the molecule is Br.COc1cccc(Nc2nc(-c3c(C)nc4c(C)cccn34)cs2)c1. The number of aryl methyl sites for hydroxylation is 2. The minimum Gasteiger partial charge on any atom is -0.497 e. The average Bonchev–Trinajstić information content (AvgIpc) is 3.19. The van der Waals surface area contributed by atoms with Crippen LogP contribution < -0.4 is 10.1 Å². The van der Waals surface area contributed by atoms with E-state index in [1.165, 1.54) is 0 Å². The van der Waals surface area contributed by atoms with E-state index < -0.39 is 0 Å². The Kier molecular flexibility index (Phi) is 5.29. The average molecular weight is 431 g/mol. The molecule has 0 aliphatic heterocycles. The fraction of sp³-hybridized carbons (Fsp3) is 0.158. The van der Waals surface area contributed by atoms with E-state index in [0.29, 0.717) is 0 Å². The first kappa shape index (κ1) is 18.4. The topological polar surface area (TPSA) is 51.5 Å². The Hall–Kier alpha value is -2.38. The van der Waals surface area contributed by atoms with E-state index >= 15 is 0 Å². The minimum absolute atomic E-state index is 0. The summed E-state index contributed by atoms with van der Waals surface area (Å²) in [6.45, 7) is 4.10. The number of ether oxygens (including phenoxy) is 1. The number of fused-ring (bicyclic) bond motifs is 1. The zero-order valence-corrected chi connectivity index (χ0v) is 17.2. The standard InChI is InChI=1S/C19H18N4OS.BrH/c1-12-6-5-9-23-17(13(2)20-18(12)23)16-11-25-19(22-16)21-14-7-4-8-15(10-14)24-3;/h4-11H,1-3H3,(H,21,22);1H. The van der Waals surface area contributed by atoms with E-state index in [1.54, 1.807) is 18.4 Å². The zero-order chi connectivity index (χ0) is 17.4. The van der Waals surface area contributed by atoms with Gasteiger partial charge in [0.05, 0.1) is 18.5 Å². The molecule has 0 unspecified atom stereocenters. The van der Waals surface area contributed by atoms with Crippen LogP contribution >= 0.6 is 28.3 Å². The third kappa shape index (κ3) is 3.32. The number of rotatable bonds is 4. The fourth-order valence-corrected chi connectivity index (χ4v) is 3.61. The lowest BCUT2D eigenvalue weighted by atomic mass is 10.2. The van der Waals surface area contributed by atoms with Crippen molar-refractivity contribution in [1.29, 1.82) is 0 Å². The maximum atomic E-state index is 5.26. The molecule has 0 atom stereocenters. The van der Waals surface area contributed by atoms with Crippen molar-refractivity contribution in [2.75, 3.05) is 12.4 Å². The van der Waals surface area contributed by atoms with E-state index in [4.69, 9.17) is 14.7 Å². The van der Waals surface area contributed by atoms with Crippen molar-refractivity contribution in [2.24, 2.45) is 0 Å². The Labute approximate surface area is 166 Å². The number of imidazole rings is 1. The highest BCUT2D eigenvalue weighted by atomic mass is 79.9. The summed E-state index contributed by atoms with van der Waals surface area (Å²) in [5, 5.41) is 6.23. The molecule has 134 valence electrons. The monoisotopic (exact) mass is 430 g/mol. The Morgan fingerprint density at radius 2 is 1.96 bits per heavy atom. The first-order chi connectivity index (χ1) is 12.2. The number of hydrogen-bond acceptors (Lipinski definition) is 5. The van der Waals surface area contributed by atoms with Crippen molar-refractivity contribution >= 4 is 44.8 Å².